The van der Waals surface area contributed by atoms with Crippen LogP contribution in [-0.4, -0.2) is 36.3 Å². The largest absolute Gasteiger partial charge is 0.352 e. The van der Waals surface area contributed by atoms with Crippen LogP contribution in [0, 0.1) is 0 Å². The molecule has 0 aromatic carbocycles. The molecule has 0 spiro atoms. The zero-order chi connectivity index (χ0) is 13.4. The average molecular weight is 252 g/mol. The summed E-state index contributed by atoms with van der Waals surface area (Å²) in [6, 6.07) is 0. The normalized spacial score (nSPS) is 14.9. The van der Waals surface area contributed by atoms with Gasteiger partial charge in [-0.05, 0) is 26.2 Å². The summed E-state index contributed by atoms with van der Waals surface area (Å²) in [5.41, 5.74) is 0.558. The van der Waals surface area contributed by atoms with Crippen LogP contribution in [0.4, 0.5) is 0 Å². The highest BCUT2D eigenvalue weighted by Gasteiger charge is 2.18. The summed E-state index contributed by atoms with van der Waals surface area (Å²) in [4.78, 5) is 24.5. The molecule has 0 aromatic rings. The summed E-state index contributed by atoms with van der Waals surface area (Å²) in [5, 5.41) is 2.82. The Labute approximate surface area is 109 Å². The first-order chi connectivity index (χ1) is 8.61. The van der Waals surface area contributed by atoms with Crippen LogP contribution in [0.3, 0.4) is 0 Å². The van der Waals surface area contributed by atoms with Crippen LogP contribution >= 0.6 is 0 Å². The van der Waals surface area contributed by atoms with Crippen molar-refractivity contribution in [3.05, 3.63) is 12.2 Å². The highest BCUT2D eigenvalue weighted by atomic mass is 16.2. The number of nitrogens with zero attached hydrogens (tertiary/aromatic N) is 1. The minimum absolute atomic E-state index is 0.0577. The monoisotopic (exact) mass is 252 g/mol. The zero-order valence-electron chi connectivity index (χ0n) is 11.3. The molecular formula is C14H24N2O2. The molecule has 102 valence electrons. The summed E-state index contributed by atoms with van der Waals surface area (Å²) in [5.74, 6) is 0.251. The van der Waals surface area contributed by atoms with Gasteiger partial charge in [0.05, 0.1) is 0 Å². The predicted octanol–water partition coefficient (Wildman–Crippen LogP) is 1.86. The number of hydrogen-bond acceptors (Lipinski definition) is 2. The lowest BCUT2D eigenvalue weighted by atomic mass is 10.2. The van der Waals surface area contributed by atoms with Gasteiger partial charge in [0, 0.05) is 31.6 Å². The van der Waals surface area contributed by atoms with Gasteiger partial charge in [-0.1, -0.05) is 19.4 Å². The summed E-state index contributed by atoms with van der Waals surface area (Å²) in [6.07, 6.45) is 6.02. The number of rotatable bonds is 8. The molecule has 0 aliphatic carbocycles. The van der Waals surface area contributed by atoms with Crippen molar-refractivity contribution in [2.45, 2.75) is 45.4 Å². The summed E-state index contributed by atoms with van der Waals surface area (Å²) in [6.45, 7) is 7.85. The fraction of sp³-hybridized carbons (Fsp3) is 0.714. The third-order valence-electron chi connectivity index (χ3n) is 3.20. The smallest absolute Gasteiger partial charge is 0.246 e. The Morgan fingerprint density at radius 1 is 1.33 bits per heavy atom. The molecule has 1 fully saturated rings. The molecule has 0 atom stereocenters. The molecule has 1 aliphatic rings. The van der Waals surface area contributed by atoms with Gasteiger partial charge in [0.25, 0.3) is 0 Å². The van der Waals surface area contributed by atoms with Crippen LogP contribution in [0.5, 0.6) is 0 Å². The lowest BCUT2D eigenvalue weighted by molar-refractivity contribution is -0.127. The molecule has 1 N–H and O–H groups in total. The van der Waals surface area contributed by atoms with E-state index in [1.165, 1.54) is 0 Å². The van der Waals surface area contributed by atoms with Crippen LogP contribution in [0.25, 0.3) is 0 Å². The van der Waals surface area contributed by atoms with Crippen molar-refractivity contribution in [1.29, 1.82) is 0 Å². The third-order valence-corrected chi connectivity index (χ3v) is 3.20. The molecule has 0 radical (unpaired) electrons. The fourth-order valence-corrected chi connectivity index (χ4v) is 2.07. The van der Waals surface area contributed by atoms with Crippen molar-refractivity contribution in [3.63, 3.8) is 0 Å². The van der Waals surface area contributed by atoms with E-state index >= 15 is 0 Å². The first-order valence-electron chi connectivity index (χ1n) is 6.82. The molecule has 1 heterocycles. The van der Waals surface area contributed by atoms with Crippen LogP contribution in [0.2, 0.25) is 0 Å². The molecule has 4 heteroatoms. The molecule has 1 saturated heterocycles. The van der Waals surface area contributed by atoms with Gasteiger partial charge in [0.15, 0.2) is 0 Å². The number of nitrogens with one attached hydrogen (secondary N) is 1. The SMILES string of the molecule is C=C(C)C(=O)NCCCCCCN1CCCC1=O. The van der Waals surface area contributed by atoms with Crippen molar-refractivity contribution in [1.82, 2.24) is 10.2 Å². The molecule has 1 aliphatic heterocycles. The number of amides is 2. The number of carbonyl (C=O) groups excluding carboxylic acids is 2. The van der Waals surface area contributed by atoms with E-state index in [0.717, 1.165) is 51.6 Å². The lowest BCUT2D eigenvalue weighted by Crippen LogP contribution is -2.26. The quantitative estimate of drug-likeness (QED) is 0.529. The Morgan fingerprint density at radius 3 is 2.67 bits per heavy atom. The van der Waals surface area contributed by atoms with E-state index in [1.54, 1.807) is 6.92 Å². The summed E-state index contributed by atoms with van der Waals surface area (Å²) in [7, 11) is 0. The van der Waals surface area contributed by atoms with E-state index in [9.17, 15) is 9.59 Å². The molecule has 0 aromatic heterocycles. The molecule has 18 heavy (non-hydrogen) atoms. The maximum Gasteiger partial charge on any atom is 0.246 e. The van der Waals surface area contributed by atoms with Crippen molar-refractivity contribution in [2.75, 3.05) is 19.6 Å². The van der Waals surface area contributed by atoms with Crippen LogP contribution in [0.15, 0.2) is 12.2 Å². The highest BCUT2D eigenvalue weighted by Crippen LogP contribution is 2.11. The van der Waals surface area contributed by atoms with E-state index in [0.29, 0.717) is 18.0 Å². The number of hydrogen-bond donors (Lipinski definition) is 1. The Bertz CT molecular complexity index is 313. The van der Waals surface area contributed by atoms with E-state index in [-0.39, 0.29) is 5.91 Å². The van der Waals surface area contributed by atoms with Crippen molar-refractivity contribution in [2.24, 2.45) is 0 Å². The van der Waals surface area contributed by atoms with Gasteiger partial charge in [-0.2, -0.15) is 0 Å². The van der Waals surface area contributed by atoms with E-state index in [4.69, 9.17) is 0 Å². The van der Waals surface area contributed by atoms with Gasteiger partial charge in [-0.3, -0.25) is 9.59 Å². The van der Waals surface area contributed by atoms with Gasteiger partial charge in [0.1, 0.15) is 0 Å². The first-order valence-corrected chi connectivity index (χ1v) is 6.82. The Balaban J connectivity index is 1.91. The van der Waals surface area contributed by atoms with Crippen LogP contribution in [0.1, 0.15) is 45.4 Å². The average Bonchev–Trinajstić information content (AvgIpc) is 2.73. The maximum atomic E-state index is 11.3. The van der Waals surface area contributed by atoms with E-state index in [2.05, 4.69) is 11.9 Å². The third kappa shape index (κ3) is 5.34. The molecule has 0 saturated carbocycles. The number of likely N-dealkylation sites (tertiary alicyclic amines) is 1. The van der Waals surface area contributed by atoms with Crippen molar-refractivity contribution >= 4 is 11.8 Å². The van der Waals surface area contributed by atoms with E-state index < -0.39 is 0 Å². The Morgan fingerprint density at radius 2 is 2.06 bits per heavy atom. The summed E-state index contributed by atoms with van der Waals surface area (Å²) < 4.78 is 0. The molecule has 4 nitrogen and oxygen atoms in total. The Hall–Kier alpha value is -1.32. The fourth-order valence-electron chi connectivity index (χ4n) is 2.07. The second-order valence-corrected chi connectivity index (χ2v) is 4.93. The number of carbonyl (C=O) groups is 2. The van der Waals surface area contributed by atoms with Gasteiger partial charge in [-0.15, -0.1) is 0 Å². The molecular weight excluding hydrogens is 228 g/mol. The second-order valence-electron chi connectivity index (χ2n) is 4.93. The first kappa shape index (κ1) is 14.7. The maximum absolute atomic E-state index is 11.3. The zero-order valence-corrected chi connectivity index (χ0v) is 11.3. The summed E-state index contributed by atoms with van der Waals surface area (Å²) >= 11 is 0. The molecule has 0 bridgehead atoms. The number of unbranched alkanes of at least 4 members (excludes halogenated alkanes) is 3. The highest BCUT2D eigenvalue weighted by molar-refractivity contribution is 5.91. The lowest BCUT2D eigenvalue weighted by Gasteiger charge is -2.14. The minimum Gasteiger partial charge on any atom is -0.352 e. The Kier molecular flexibility index (Phi) is 6.47. The molecule has 0 unspecified atom stereocenters. The van der Waals surface area contributed by atoms with Gasteiger partial charge in [0.2, 0.25) is 11.8 Å². The van der Waals surface area contributed by atoms with Crippen molar-refractivity contribution in [3.8, 4) is 0 Å². The van der Waals surface area contributed by atoms with Gasteiger partial charge >= 0.3 is 0 Å². The van der Waals surface area contributed by atoms with Crippen LogP contribution < -0.4 is 5.32 Å². The molecule has 2 amide bonds. The topological polar surface area (TPSA) is 49.4 Å². The van der Waals surface area contributed by atoms with Crippen molar-refractivity contribution < 1.29 is 9.59 Å². The van der Waals surface area contributed by atoms with E-state index in [1.807, 2.05) is 4.90 Å². The van der Waals surface area contributed by atoms with Crippen LogP contribution in [-0.2, 0) is 9.59 Å². The standard InChI is InChI=1S/C14H24N2O2/c1-12(2)14(18)15-9-5-3-4-6-10-16-11-7-8-13(16)17/h1,3-11H2,2H3,(H,15,18). The molecule has 1 rings (SSSR count). The minimum atomic E-state index is -0.0577. The predicted molar refractivity (Wildman–Crippen MR) is 72.1 cm³/mol. The van der Waals surface area contributed by atoms with Gasteiger partial charge in [-0.25, -0.2) is 0 Å². The second kappa shape index (κ2) is 7.90. The van der Waals surface area contributed by atoms with Gasteiger partial charge < -0.3 is 10.2 Å².